The predicted octanol–water partition coefficient (Wildman–Crippen LogP) is 3.54. The molecule has 1 aliphatic rings. The molecule has 1 saturated carbocycles. The molecule has 0 aliphatic heterocycles. The van der Waals surface area contributed by atoms with Gasteiger partial charge in [0.1, 0.15) is 0 Å². The molecule has 0 atom stereocenters. The molecule has 0 radical (unpaired) electrons. The molecule has 18 heavy (non-hydrogen) atoms. The Morgan fingerprint density at radius 3 is 2.78 bits per heavy atom. The van der Waals surface area contributed by atoms with Gasteiger partial charge in [0.2, 0.25) is 0 Å². The fourth-order valence-corrected chi connectivity index (χ4v) is 2.68. The summed E-state index contributed by atoms with van der Waals surface area (Å²) in [4.78, 5) is 2.36. The second kappa shape index (κ2) is 6.69. The predicted molar refractivity (Wildman–Crippen MR) is 80.6 cm³/mol. The van der Waals surface area contributed by atoms with E-state index in [-0.39, 0.29) is 0 Å². The minimum atomic E-state index is 0.777. The maximum absolute atomic E-state index is 3.69. The van der Waals surface area contributed by atoms with Gasteiger partial charge in [-0.2, -0.15) is 0 Å². The lowest BCUT2D eigenvalue weighted by molar-refractivity contribution is 0.327. The van der Waals surface area contributed by atoms with Crippen LogP contribution in [0.3, 0.4) is 0 Å². The van der Waals surface area contributed by atoms with Crippen LogP contribution in [0.4, 0.5) is 0 Å². The van der Waals surface area contributed by atoms with Crippen molar-refractivity contribution in [3.05, 3.63) is 33.8 Å². The van der Waals surface area contributed by atoms with E-state index < -0.39 is 0 Å². The van der Waals surface area contributed by atoms with Crippen LogP contribution in [-0.4, -0.2) is 24.5 Å². The molecule has 1 aromatic carbocycles. The van der Waals surface area contributed by atoms with Crippen LogP contribution in [0.1, 0.15) is 37.3 Å². The van der Waals surface area contributed by atoms with Crippen LogP contribution in [0.2, 0.25) is 0 Å². The molecule has 0 spiro atoms. The first-order valence-corrected chi connectivity index (χ1v) is 7.67. The van der Waals surface area contributed by atoms with E-state index in [1.807, 2.05) is 0 Å². The second-order valence-corrected chi connectivity index (χ2v) is 6.17. The van der Waals surface area contributed by atoms with E-state index in [1.165, 1.54) is 34.9 Å². The monoisotopic (exact) mass is 310 g/mol. The van der Waals surface area contributed by atoms with Gasteiger partial charge in [0.25, 0.3) is 0 Å². The van der Waals surface area contributed by atoms with Crippen LogP contribution in [-0.2, 0) is 13.1 Å². The molecule has 0 bridgehead atoms. The first-order valence-electron chi connectivity index (χ1n) is 6.88. The van der Waals surface area contributed by atoms with Gasteiger partial charge in [-0.25, -0.2) is 0 Å². The van der Waals surface area contributed by atoms with Gasteiger partial charge in [-0.15, -0.1) is 0 Å². The normalized spacial score (nSPS) is 15.3. The quantitative estimate of drug-likeness (QED) is 0.828. The highest BCUT2D eigenvalue weighted by molar-refractivity contribution is 9.10. The summed E-state index contributed by atoms with van der Waals surface area (Å²) in [5.74, 6) is 0. The number of hydrogen-bond donors (Lipinski definition) is 1. The van der Waals surface area contributed by atoms with Crippen LogP contribution < -0.4 is 5.32 Å². The van der Waals surface area contributed by atoms with Gasteiger partial charge < -0.3 is 10.2 Å². The summed E-state index contributed by atoms with van der Waals surface area (Å²) >= 11 is 3.69. The first kappa shape index (κ1) is 14.0. The minimum Gasteiger partial charge on any atom is -0.310 e. The van der Waals surface area contributed by atoms with E-state index >= 15 is 0 Å². The van der Waals surface area contributed by atoms with Crippen LogP contribution in [0.5, 0.6) is 0 Å². The van der Waals surface area contributed by atoms with Crippen molar-refractivity contribution in [1.82, 2.24) is 10.2 Å². The summed E-state index contributed by atoms with van der Waals surface area (Å²) in [5.41, 5.74) is 2.75. The third-order valence-electron chi connectivity index (χ3n) is 3.34. The standard InChI is InChI=1S/C15H23BrN2/c1-3-8-18(2)11-13-5-4-12(9-15(13)16)10-17-14-6-7-14/h4-5,9,14,17H,3,6-8,10-11H2,1-2H3. The number of benzene rings is 1. The fraction of sp³-hybridized carbons (Fsp3) is 0.600. The smallest absolute Gasteiger partial charge is 0.0241 e. The second-order valence-electron chi connectivity index (χ2n) is 5.32. The molecule has 1 aliphatic carbocycles. The van der Waals surface area contributed by atoms with Crippen molar-refractivity contribution in [2.45, 2.75) is 45.3 Å². The summed E-state index contributed by atoms with van der Waals surface area (Å²) in [5, 5.41) is 3.55. The molecule has 2 nitrogen and oxygen atoms in total. The maximum atomic E-state index is 3.69. The highest BCUT2D eigenvalue weighted by Crippen LogP contribution is 2.22. The van der Waals surface area contributed by atoms with Crippen LogP contribution in [0, 0.1) is 0 Å². The number of halogens is 1. The van der Waals surface area contributed by atoms with Gasteiger partial charge >= 0.3 is 0 Å². The Kier molecular flexibility index (Phi) is 5.22. The molecule has 1 aromatic rings. The summed E-state index contributed by atoms with van der Waals surface area (Å²) in [7, 11) is 2.18. The van der Waals surface area contributed by atoms with E-state index in [1.54, 1.807) is 0 Å². The molecule has 1 fully saturated rings. The van der Waals surface area contributed by atoms with Gasteiger partial charge in [-0.1, -0.05) is 35.0 Å². The lowest BCUT2D eigenvalue weighted by atomic mass is 10.1. The Labute approximate surface area is 119 Å². The van der Waals surface area contributed by atoms with Gasteiger partial charge in [-0.3, -0.25) is 0 Å². The van der Waals surface area contributed by atoms with E-state index in [0.29, 0.717) is 0 Å². The summed E-state index contributed by atoms with van der Waals surface area (Å²) in [6.07, 6.45) is 3.90. The van der Waals surface area contributed by atoms with Crippen molar-refractivity contribution in [2.24, 2.45) is 0 Å². The Bertz CT molecular complexity index is 388. The topological polar surface area (TPSA) is 15.3 Å². The van der Waals surface area contributed by atoms with Crippen molar-refractivity contribution in [1.29, 1.82) is 0 Å². The highest BCUT2D eigenvalue weighted by Gasteiger charge is 2.19. The molecule has 0 aromatic heterocycles. The lowest BCUT2D eigenvalue weighted by Crippen LogP contribution is -2.19. The fourth-order valence-electron chi connectivity index (χ4n) is 2.13. The van der Waals surface area contributed by atoms with E-state index in [0.717, 1.165) is 25.7 Å². The van der Waals surface area contributed by atoms with Crippen LogP contribution in [0.15, 0.2) is 22.7 Å². The van der Waals surface area contributed by atoms with Gasteiger partial charge in [0, 0.05) is 23.6 Å². The van der Waals surface area contributed by atoms with Gasteiger partial charge in [-0.05, 0) is 50.0 Å². The maximum Gasteiger partial charge on any atom is 0.0241 e. The van der Waals surface area contributed by atoms with E-state index in [2.05, 4.69) is 58.3 Å². The Morgan fingerprint density at radius 2 is 2.17 bits per heavy atom. The zero-order valence-corrected chi connectivity index (χ0v) is 13.0. The van der Waals surface area contributed by atoms with Crippen molar-refractivity contribution < 1.29 is 0 Å². The van der Waals surface area contributed by atoms with Crippen LogP contribution in [0.25, 0.3) is 0 Å². The zero-order chi connectivity index (χ0) is 13.0. The van der Waals surface area contributed by atoms with Crippen LogP contribution >= 0.6 is 15.9 Å². The lowest BCUT2D eigenvalue weighted by Gasteiger charge is -2.17. The Morgan fingerprint density at radius 1 is 1.39 bits per heavy atom. The number of nitrogens with one attached hydrogen (secondary N) is 1. The molecular formula is C15H23BrN2. The Hall–Kier alpha value is -0.380. The molecule has 1 N–H and O–H groups in total. The number of hydrogen-bond acceptors (Lipinski definition) is 2. The molecule has 0 saturated heterocycles. The highest BCUT2D eigenvalue weighted by atomic mass is 79.9. The molecule has 0 unspecified atom stereocenters. The molecule has 3 heteroatoms. The summed E-state index contributed by atoms with van der Waals surface area (Å²) in [6, 6.07) is 7.53. The number of nitrogens with zero attached hydrogens (tertiary/aromatic N) is 1. The molecular weight excluding hydrogens is 288 g/mol. The van der Waals surface area contributed by atoms with E-state index in [4.69, 9.17) is 0 Å². The summed E-state index contributed by atoms with van der Waals surface area (Å²) in [6.45, 7) is 5.38. The number of rotatable bonds is 7. The van der Waals surface area contributed by atoms with Gasteiger partial charge in [0.15, 0.2) is 0 Å². The van der Waals surface area contributed by atoms with E-state index in [9.17, 15) is 0 Å². The third kappa shape index (κ3) is 4.38. The largest absolute Gasteiger partial charge is 0.310 e. The van der Waals surface area contributed by atoms with Crippen molar-refractivity contribution in [3.63, 3.8) is 0 Å². The minimum absolute atomic E-state index is 0.777. The molecule has 2 rings (SSSR count). The Balaban J connectivity index is 1.90. The molecule has 0 heterocycles. The van der Waals surface area contributed by atoms with Crippen molar-refractivity contribution in [2.75, 3.05) is 13.6 Å². The molecule has 100 valence electrons. The average Bonchev–Trinajstić information content (AvgIpc) is 3.14. The third-order valence-corrected chi connectivity index (χ3v) is 4.07. The average molecular weight is 311 g/mol. The van der Waals surface area contributed by atoms with Crippen molar-refractivity contribution in [3.8, 4) is 0 Å². The first-order chi connectivity index (χ1) is 8.69. The SMILES string of the molecule is CCCN(C)Cc1ccc(CNC2CC2)cc1Br. The zero-order valence-electron chi connectivity index (χ0n) is 11.4. The van der Waals surface area contributed by atoms with Crippen molar-refractivity contribution >= 4 is 15.9 Å². The summed E-state index contributed by atoms with van der Waals surface area (Å²) < 4.78 is 1.24. The van der Waals surface area contributed by atoms with Gasteiger partial charge in [0.05, 0.1) is 0 Å². The molecule has 0 amide bonds.